The highest BCUT2D eigenvalue weighted by molar-refractivity contribution is 5.49. The molecule has 0 amide bonds. The Morgan fingerprint density at radius 2 is 2.00 bits per heavy atom. The normalized spacial score (nSPS) is 11.2. The Kier molecular flexibility index (Phi) is 4.07. The number of rotatable bonds is 4. The van der Waals surface area contributed by atoms with Crippen LogP contribution in [-0.2, 0) is 12.7 Å². The topological polar surface area (TPSA) is 47.0 Å². The molecule has 7 heteroatoms. The first-order valence-corrected chi connectivity index (χ1v) is 5.75. The molecule has 0 aliphatic heterocycles. The van der Waals surface area contributed by atoms with Crippen LogP contribution < -0.4 is 10.1 Å². The van der Waals surface area contributed by atoms with Crippen LogP contribution in [0.2, 0.25) is 0 Å². The maximum Gasteiger partial charge on any atom is 0.433 e. The molecule has 106 valence electrons. The lowest BCUT2D eigenvalue weighted by molar-refractivity contribution is -0.141. The van der Waals surface area contributed by atoms with E-state index in [-0.39, 0.29) is 0 Å². The smallest absolute Gasteiger partial charge is 0.433 e. The summed E-state index contributed by atoms with van der Waals surface area (Å²) in [7, 11) is 1.52. The van der Waals surface area contributed by atoms with Gasteiger partial charge < -0.3 is 10.1 Å². The van der Waals surface area contributed by atoms with E-state index in [0.29, 0.717) is 23.7 Å². The standard InChI is InChI=1S/C13H12F3N3O/c1-20-10-3-2-6-17-12(10)19-8-9-4-5-11(18-7-9)13(14,15)16/h2-7H,8H2,1H3,(H,17,19). The highest BCUT2D eigenvalue weighted by Gasteiger charge is 2.31. The van der Waals surface area contributed by atoms with Gasteiger partial charge in [0.1, 0.15) is 5.69 Å². The number of methoxy groups -OCH3 is 1. The number of nitrogens with one attached hydrogen (secondary N) is 1. The maximum absolute atomic E-state index is 12.4. The van der Waals surface area contributed by atoms with E-state index in [2.05, 4.69) is 15.3 Å². The van der Waals surface area contributed by atoms with Crippen LogP contribution in [0.4, 0.5) is 19.0 Å². The van der Waals surface area contributed by atoms with Crippen molar-refractivity contribution in [3.63, 3.8) is 0 Å². The fourth-order valence-electron chi connectivity index (χ4n) is 1.57. The van der Waals surface area contributed by atoms with Gasteiger partial charge in [-0.3, -0.25) is 4.98 Å². The quantitative estimate of drug-likeness (QED) is 0.936. The third-order valence-corrected chi connectivity index (χ3v) is 2.57. The molecular weight excluding hydrogens is 271 g/mol. The summed E-state index contributed by atoms with van der Waals surface area (Å²) in [6, 6.07) is 5.79. The highest BCUT2D eigenvalue weighted by atomic mass is 19.4. The van der Waals surface area contributed by atoms with Crippen LogP contribution in [0.3, 0.4) is 0 Å². The molecule has 4 nitrogen and oxygen atoms in total. The Hall–Kier alpha value is -2.31. The van der Waals surface area contributed by atoms with E-state index < -0.39 is 11.9 Å². The SMILES string of the molecule is COc1cccnc1NCc1ccc(C(F)(F)F)nc1. The van der Waals surface area contributed by atoms with Crippen molar-refractivity contribution in [2.75, 3.05) is 12.4 Å². The first-order chi connectivity index (χ1) is 9.50. The number of halogens is 3. The first kappa shape index (κ1) is 14.1. The van der Waals surface area contributed by atoms with Crippen LogP contribution in [0.15, 0.2) is 36.7 Å². The zero-order valence-corrected chi connectivity index (χ0v) is 10.6. The summed E-state index contributed by atoms with van der Waals surface area (Å²) in [5.74, 6) is 1.09. The summed E-state index contributed by atoms with van der Waals surface area (Å²) in [6.45, 7) is 0.304. The van der Waals surface area contributed by atoms with Crippen LogP contribution in [0, 0.1) is 0 Å². The summed E-state index contributed by atoms with van der Waals surface area (Å²) < 4.78 is 42.2. The third-order valence-electron chi connectivity index (χ3n) is 2.57. The number of nitrogens with zero attached hydrogens (tertiary/aromatic N) is 2. The van der Waals surface area contributed by atoms with Crippen molar-refractivity contribution in [1.29, 1.82) is 0 Å². The van der Waals surface area contributed by atoms with Crippen molar-refractivity contribution < 1.29 is 17.9 Å². The Labute approximate surface area is 113 Å². The number of ether oxygens (including phenoxy) is 1. The number of pyridine rings is 2. The lowest BCUT2D eigenvalue weighted by Gasteiger charge is -2.10. The van der Waals surface area contributed by atoms with E-state index >= 15 is 0 Å². The Bertz CT molecular complexity index is 570. The first-order valence-electron chi connectivity index (χ1n) is 5.75. The van der Waals surface area contributed by atoms with Crippen molar-refractivity contribution in [3.8, 4) is 5.75 Å². The van der Waals surface area contributed by atoms with Crippen LogP contribution in [0.5, 0.6) is 5.75 Å². The molecule has 1 N–H and O–H groups in total. The number of hydrogen-bond donors (Lipinski definition) is 1. The van der Waals surface area contributed by atoms with Gasteiger partial charge in [-0.1, -0.05) is 6.07 Å². The summed E-state index contributed by atoms with van der Waals surface area (Å²) in [5, 5.41) is 2.98. The fraction of sp³-hybridized carbons (Fsp3) is 0.231. The number of anilines is 1. The van der Waals surface area contributed by atoms with Gasteiger partial charge in [0.2, 0.25) is 0 Å². The molecule has 0 aromatic carbocycles. The third kappa shape index (κ3) is 3.37. The van der Waals surface area contributed by atoms with E-state index in [4.69, 9.17) is 4.74 Å². The summed E-state index contributed by atoms with van der Waals surface area (Å²) in [6.07, 6.45) is -1.64. The zero-order chi connectivity index (χ0) is 14.6. The summed E-state index contributed by atoms with van der Waals surface area (Å²) >= 11 is 0. The molecule has 2 heterocycles. The van der Waals surface area contributed by atoms with Gasteiger partial charge >= 0.3 is 6.18 Å². The van der Waals surface area contributed by atoms with Gasteiger partial charge in [0.05, 0.1) is 7.11 Å². The highest BCUT2D eigenvalue weighted by Crippen LogP contribution is 2.27. The predicted octanol–water partition coefficient (Wildman–Crippen LogP) is 3.12. The molecule has 2 rings (SSSR count). The van der Waals surface area contributed by atoms with E-state index in [1.165, 1.54) is 19.4 Å². The van der Waals surface area contributed by atoms with Crippen molar-refractivity contribution in [1.82, 2.24) is 9.97 Å². The van der Waals surface area contributed by atoms with Gasteiger partial charge in [0.15, 0.2) is 11.6 Å². The molecule has 0 fully saturated rings. The second-order valence-electron chi connectivity index (χ2n) is 3.96. The van der Waals surface area contributed by atoms with Crippen LogP contribution >= 0.6 is 0 Å². The van der Waals surface area contributed by atoms with Crippen LogP contribution in [0.25, 0.3) is 0 Å². The number of alkyl halides is 3. The Morgan fingerprint density at radius 3 is 2.60 bits per heavy atom. The average Bonchev–Trinajstić information content (AvgIpc) is 2.45. The number of aromatic nitrogens is 2. The monoisotopic (exact) mass is 283 g/mol. The molecule has 0 spiro atoms. The predicted molar refractivity (Wildman–Crippen MR) is 67.4 cm³/mol. The second-order valence-corrected chi connectivity index (χ2v) is 3.96. The summed E-state index contributed by atoms with van der Waals surface area (Å²) in [5.41, 5.74) is -0.289. The minimum atomic E-state index is -4.42. The lowest BCUT2D eigenvalue weighted by atomic mass is 10.2. The van der Waals surface area contributed by atoms with Gasteiger partial charge in [-0.2, -0.15) is 13.2 Å². The van der Waals surface area contributed by atoms with Gasteiger partial charge in [-0.05, 0) is 23.8 Å². The van der Waals surface area contributed by atoms with Crippen LogP contribution in [-0.4, -0.2) is 17.1 Å². The van der Waals surface area contributed by atoms with E-state index in [9.17, 15) is 13.2 Å². The fourth-order valence-corrected chi connectivity index (χ4v) is 1.57. The minimum Gasteiger partial charge on any atom is -0.493 e. The van der Waals surface area contributed by atoms with Crippen LogP contribution in [0.1, 0.15) is 11.3 Å². The summed E-state index contributed by atoms with van der Waals surface area (Å²) in [4.78, 5) is 7.47. The van der Waals surface area contributed by atoms with Crippen molar-refractivity contribution >= 4 is 5.82 Å². The molecular formula is C13H12F3N3O. The van der Waals surface area contributed by atoms with Gasteiger partial charge in [0.25, 0.3) is 0 Å². The Morgan fingerprint density at radius 1 is 1.20 bits per heavy atom. The molecule has 0 unspecified atom stereocenters. The molecule has 0 aliphatic rings. The average molecular weight is 283 g/mol. The van der Waals surface area contributed by atoms with Crippen molar-refractivity contribution in [2.45, 2.75) is 12.7 Å². The molecule has 20 heavy (non-hydrogen) atoms. The van der Waals surface area contributed by atoms with E-state index in [1.54, 1.807) is 18.3 Å². The molecule has 0 aliphatic carbocycles. The molecule has 2 aromatic rings. The minimum absolute atomic E-state index is 0.304. The molecule has 0 bridgehead atoms. The van der Waals surface area contributed by atoms with Crippen molar-refractivity contribution in [3.05, 3.63) is 47.9 Å². The van der Waals surface area contributed by atoms with Gasteiger partial charge in [0, 0.05) is 18.9 Å². The van der Waals surface area contributed by atoms with Gasteiger partial charge in [-0.25, -0.2) is 4.98 Å². The van der Waals surface area contributed by atoms with E-state index in [0.717, 1.165) is 6.07 Å². The van der Waals surface area contributed by atoms with E-state index in [1.807, 2.05) is 0 Å². The lowest BCUT2D eigenvalue weighted by Crippen LogP contribution is -2.09. The Balaban J connectivity index is 2.04. The zero-order valence-electron chi connectivity index (χ0n) is 10.6. The molecule has 0 saturated heterocycles. The molecule has 0 saturated carbocycles. The largest absolute Gasteiger partial charge is 0.493 e. The second kappa shape index (κ2) is 5.77. The molecule has 2 aromatic heterocycles. The molecule has 0 atom stereocenters. The number of hydrogen-bond acceptors (Lipinski definition) is 4. The molecule has 0 radical (unpaired) electrons. The van der Waals surface area contributed by atoms with Gasteiger partial charge in [-0.15, -0.1) is 0 Å². The maximum atomic E-state index is 12.4. The van der Waals surface area contributed by atoms with Crippen molar-refractivity contribution in [2.24, 2.45) is 0 Å².